The molecule has 3 heteroatoms. The summed E-state index contributed by atoms with van der Waals surface area (Å²) < 4.78 is 0. The molecule has 0 amide bonds. The Morgan fingerprint density at radius 3 is 2.40 bits per heavy atom. The summed E-state index contributed by atoms with van der Waals surface area (Å²) in [5, 5.41) is 0.691. The molecule has 0 atom stereocenters. The summed E-state index contributed by atoms with van der Waals surface area (Å²) >= 11 is 5.62. The lowest BCUT2D eigenvalue weighted by molar-refractivity contribution is 1.52. The number of hydrogen-bond donors (Lipinski definition) is 1. The fourth-order valence-corrected chi connectivity index (χ4v) is 0.716. The number of nitrogens with zero attached hydrogens (tertiary/aromatic N) is 1. The molecule has 0 fully saturated rings. The van der Waals surface area contributed by atoms with Crippen LogP contribution in [0.3, 0.4) is 0 Å². The average molecular weight is 154 g/mol. The second kappa shape index (κ2) is 3.22. The molecule has 0 aromatic heterocycles. The first-order valence-corrected chi connectivity index (χ1v) is 3.12. The smallest absolute Gasteiger partial charge is 0.166 e. The van der Waals surface area contributed by atoms with E-state index in [1.54, 1.807) is 24.3 Å². The van der Waals surface area contributed by atoms with E-state index in [9.17, 15) is 0 Å². The van der Waals surface area contributed by atoms with Crippen molar-refractivity contribution in [1.82, 2.24) is 0 Å². The molecule has 2 nitrogen and oxygen atoms in total. The predicted molar refractivity (Wildman–Crippen MR) is 42.7 cm³/mol. The van der Waals surface area contributed by atoms with Crippen LogP contribution in [-0.4, -0.2) is 6.34 Å². The minimum absolute atomic E-state index is 0.691. The Kier molecular flexibility index (Phi) is 2.29. The molecule has 0 saturated carbocycles. The molecule has 10 heavy (non-hydrogen) atoms. The molecule has 0 aliphatic carbocycles. The molecular weight excluding hydrogens is 148 g/mol. The van der Waals surface area contributed by atoms with Gasteiger partial charge >= 0.3 is 0 Å². The monoisotopic (exact) mass is 153 g/mol. The molecule has 0 saturated heterocycles. The van der Waals surface area contributed by atoms with Crippen molar-refractivity contribution in [3.05, 3.63) is 29.3 Å². The van der Waals surface area contributed by atoms with Gasteiger partial charge in [0.05, 0.1) is 5.69 Å². The van der Waals surface area contributed by atoms with E-state index in [4.69, 9.17) is 17.3 Å². The van der Waals surface area contributed by atoms with Crippen LogP contribution >= 0.6 is 11.6 Å². The molecular formula is C7H6ClN2. The number of rotatable bonds is 1. The van der Waals surface area contributed by atoms with Gasteiger partial charge in [-0.2, -0.15) is 0 Å². The van der Waals surface area contributed by atoms with Gasteiger partial charge in [-0.3, -0.25) is 0 Å². The maximum Gasteiger partial charge on any atom is 0.166 e. The zero-order chi connectivity index (χ0) is 7.40. The number of aliphatic imine (C=N–C) groups is 1. The molecule has 0 heterocycles. The van der Waals surface area contributed by atoms with Crippen molar-refractivity contribution < 1.29 is 0 Å². The van der Waals surface area contributed by atoms with Crippen LogP contribution in [0, 0.1) is 0 Å². The first-order chi connectivity index (χ1) is 4.83. The van der Waals surface area contributed by atoms with Crippen molar-refractivity contribution in [2.75, 3.05) is 0 Å². The molecule has 51 valence electrons. The van der Waals surface area contributed by atoms with E-state index in [1.165, 1.54) is 0 Å². The van der Waals surface area contributed by atoms with Crippen LogP contribution in [0.1, 0.15) is 0 Å². The fourth-order valence-electron chi connectivity index (χ4n) is 0.590. The van der Waals surface area contributed by atoms with Crippen molar-refractivity contribution in [3.63, 3.8) is 0 Å². The molecule has 1 rings (SSSR count). The van der Waals surface area contributed by atoms with E-state index in [1.807, 2.05) is 0 Å². The summed E-state index contributed by atoms with van der Waals surface area (Å²) in [5.74, 6) is 0. The van der Waals surface area contributed by atoms with Crippen molar-refractivity contribution in [1.29, 1.82) is 0 Å². The Morgan fingerprint density at radius 1 is 1.30 bits per heavy atom. The lowest BCUT2D eigenvalue weighted by atomic mass is 10.3. The van der Waals surface area contributed by atoms with Gasteiger partial charge in [-0.15, -0.1) is 0 Å². The number of nitrogens with two attached hydrogens (primary N) is 1. The highest BCUT2D eigenvalue weighted by molar-refractivity contribution is 6.30. The standard InChI is InChI=1S/C7H6ClN2/c8-6-1-3-7(4-2-6)10-5-9/h1-4H,(H2,9,10). The van der Waals surface area contributed by atoms with Gasteiger partial charge in [-0.25, -0.2) is 4.99 Å². The molecule has 0 aliphatic rings. The van der Waals surface area contributed by atoms with Crippen LogP contribution < -0.4 is 5.73 Å². The maximum atomic E-state index is 5.62. The SMILES string of the molecule is N[C]=Nc1ccc(Cl)cc1. The van der Waals surface area contributed by atoms with E-state index in [0.717, 1.165) is 5.69 Å². The van der Waals surface area contributed by atoms with Gasteiger partial charge in [0, 0.05) is 5.02 Å². The summed E-state index contributed by atoms with van der Waals surface area (Å²) in [4.78, 5) is 3.72. The van der Waals surface area contributed by atoms with E-state index >= 15 is 0 Å². The molecule has 0 unspecified atom stereocenters. The molecule has 0 aliphatic heterocycles. The van der Waals surface area contributed by atoms with Crippen molar-refractivity contribution in [2.45, 2.75) is 0 Å². The number of halogens is 1. The minimum atomic E-state index is 0.691. The third kappa shape index (κ3) is 1.74. The summed E-state index contributed by atoms with van der Waals surface area (Å²) in [6.45, 7) is 0. The maximum absolute atomic E-state index is 5.62. The summed E-state index contributed by atoms with van der Waals surface area (Å²) in [6, 6.07) is 7.03. The predicted octanol–water partition coefficient (Wildman–Crippen LogP) is 1.84. The fraction of sp³-hybridized carbons (Fsp3) is 0. The summed E-state index contributed by atoms with van der Waals surface area (Å²) in [7, 11) is 0. The Bertz CT molecular complexity index is 228. The number of hydrogen-bond acceptors (Lipinski definition) is 1. The van der Waals surface area contributed by atoms with Crippen molar-refractivity contribution >= 4 is 23.6 Å². The lowest BCUT2D eigenvalue weighted by Gasteiger charge is -1.89. The zero-order valence-corrected chi connectivity index (χ0v) is 5.97. The second-order valence-corrected chi connectivity index (χ2v) is 2.15. The normalized spacial score (nSPS) is 10.5. The Labute approximate surface area is 64.3 Å². The Morgan fingerprint density at radius 2 is 1.90 bits per heavy atom. The van der Waals surface area contributed by atoms with Gasteiger partial charge in [-0.1, -0.05) is 11.6 Å². The van der Waals surface area contributed by atoms with Crippen LogP contribution in [0.2, 0.25) is 5.02 Å². The van der Waals surface area contributed by atoms with Gasteiger partial charge in [0.15, 0.2) is 6.34 Å². The molecule has 1 aromatic rings. The van der Waals surface area contributed by atoms with Crippen LogP contribution in [0.4, 0.5) is 5.69 Å². The average Bonchev–Trinajstić information content (AvgIpc) is 1.95. The van der Waals surface area contributed by atoms with Gasteiger partial charge in [0.2, 0.25) is 0 Å². The third-order valence-electron chi connectivity index (χ3n) is 1.02. The first-order valence-electron chi connectivity index (χ1n) is 2.75. The van der Waals surface area contributed by atoms with Crippen molar-refractivity contribution in [2.24, 2.45) is 10.7 Å². The summed E-state index contributed by atoms with van der Waals surface area (Å²) in [5.41, 5.74) is 5.71. The molecule has 2 N–H and O–H groups in total. The second-order valence-electron chi connectivity index (χ2n) is 1.72. The zero-order valence-electron chi connectivity index (χ0n) is 5.21. The number of benzene rings is 1. The lowest BCUT2D eigenvalue weighted by Crippen LogP contribution is -1.85. The van der Waals surface area contributed by atoms with E-state index in [0.29, 0.717) is 5.02 Å². The topological polar surface area (TPSA) is 38.4 Å². The highest BCUT2D eigenvalue weighted by Gasteiger charge is 1.86. The highest BCUT2D eigenvalue weighted by atomic mass is 35.5. The first kappa shape index (κ1) is 7.09. The van der Waals surface area contributed by atoms with E-state index in [2.05, 4.69) is 11.3 Å². The van der Waals surface area contributed by atoms with Gasteiger partial charge < -0.3 is 5.73 Å². The van der Waals surface area contributed by atoms with Gasteiger partial charge in [-0.05, 0) is 24.3 Å². The van der Waals surface area contributed by atoms with Crippen LogP contribution in [-0.2, 0) is 0 Å². The Hall–Kier alpha value is -1.02. The third-order valence-corrected chi connectivity index (χ3v) is 1.27. The van der Waals surface area contributed by atoms with Crippen LogP contribution in [0.5, 0.6) is 0 Å². The van der Waals surface area contributed by atoms with Crippen molar-refractivity contribution in [3.8, 4) is 0 Å². The highest BCUT2D eigenvalue weighted by Crippen LogP contribution is 2.14. The largest absolute Gasteiger partial charge is 0.381 e. The Balaban J connectivity index is 2.89. The van der Waals surface area contributed by atoms with Gasteiger partial charge in [0.1, 0.15) is 0 Å². The van der Waals surface area contributed by atoms with E-state index < -0.39 is 0 Å². The molecule has 0 bridgehead atoms. The molecule has 1 aromatic carbocycles. The van der Waals surface area contributed by atoms with Crippen LogP contribution in [0.25, 0.3) is 0 Å². The molecule has 0 spiro atoms. The van der Waals surface area contributed by atoms with E-state index in [-0.39, 0.29) is 0 Å². The minimum Gasteiger partial charge on any atom is -0.381 e. The van der Waals surface area contributed by atoms with Crippen LogP contribution in [0.15, 0.2) is 29.3 Å². The molecule has 1 radical (unpaired) electrons. The summed E-state index contributed by atoms with van der Waals surface area (Å²) in [6.07, 6.45) is 2.19. The van der Waals surface area contributed by atoms with Gasteiger partial charge in [0.25, 0.3) is 0 Å². The quantitative estimate of drug-likeness (QED) is 0.373.